The van der Waals surface area contributed by atoms with Crippen molar-refractivity contribution < 1.29 is 0 Å². The average Bonchev–Trinajstić information content (AvgIpc) is 2.86. The maximum absolute atomic E-state index is 4.38. The lowest BCUT2D eigenvalue weighted by Crippen LogP contribution is -2.01. The van der Waals surface area contributed by atoms with Gasteiger partial charge in [0.15, 0.2) is 0 Å². The van der Waals surface area contributed by atoms with Crippen LogP contribution in [0.2, 0.25) is 0 Å². The molecule has 1 aromatic carbocycles. The van der Waals surface area contributed by atoms with Gasteiger partial charge in [0.25, 0.3) is 0 Å². The maximum Gasteiger partial charge on any atom is 0.140 e. The predicted molar refractivity (Wildman–Crippen MR) is 60.9 cm³/mol. The van der Waals surface area contributed by atoms with Crippen molar-refractivity contribution in [1.82, 2.24) is 9.97 Å². The second-order valence-electron chi connectivity index (χ2n) is 4.10. The number of para-hydroxylation sites is 1. The van der Waals surface area contributed by atoms with E-state index in [1.807, 2.05) is 18.2 Å². The molecule has 0 saturated carbocycles. The summed E-state index contributed by atoms with van der Waals surface area (Å²) in [5, 5.41) is 1.15. The largest absolute Gasteiger partial charge is 0.346 e. The van der Waals surface area contributed by atoms with Crippen molar-refractivity contribution in [2.45, 2.75) is 25.9 Å². The normalized spacial score (nSPS) is 24.5. The summed E-state index contributed by atoms with van der Waals surface area (Å²) in [5.74, 6) is 1.07. The third kappa shape index (κ3) is 1.19. The summed E-state index contributed by atoms with van der Waals surface area (Å²) < 4.78 is 0. The molecule has 15 heavy (non-hydrogen) atoms. The van der Waals surface area contributed by atoms with Gasteiger partial charge in [0.05, 0.1) is 5.52 Å². The molecule has 0 bridgehead atoms. The van der Waals surface area contributed by atoms with E-state index in [2.05, 4.69) is 34.8 Å². The number of aromatic nitrogens is 2. The van der Waals surface area contributed by atoms with Crippen LogP contribution in [0.15, 0.2) is 30.6 Å². The van der Waals surface area contributed by atoms with Crippen molar-refractivity contribution >= 4 is 16.7 Å². The van der Waals surface area contributed by atoms with Gasteiger partial charge >= 0.3 is 0 Å². The molecule has 0 radical (unpaired) electrons. The Hall–Kier alpha value is -1.64. The van der Waals surface area contributed by atoms with Gasteiger partial charge < -0.3 is 4.90 Å². The number of hydrogen-bond acceptors (Lipinski definition) is 3. The Morgan fingerprint density at radius 1 is 1.07 bits per heavy atom. The van der Waals surface area contributed by atoms with E-state index in [-0.39, 0.29) is 0 Å². The molecule has 0 spiro atoms. The Morgan fingerprint density at radius 2 is 1.80 bits per heavy atom. The van der Waals surface area contributed by atoms with Crippen molar-refractivity contribution in [3.63, 3.8) is 0 Å². The summed E-state index contributed by atoms with van der Waals surface area (Å²) >= 11 is 0. The Balaban J connectivity index is 2.19. The zero-order valence-corrected chi connectivity index (χ0v) is 8.88. The lowest BCUT2D eigenvalue weighted by atomic mass is 10.2. The van der Waals surface area contributed by atoms with Crippen molar-refractivity contribution in [2.24, 2.45) is 0 Å². The van der Waals surface area contributed by atoms with E-state index >= 15 is 0 Å². The molecule has 0 N–H and O–H groups in total. The summed E-state index contributed by atoms with van der Waals surface area (Å²) in [5.41, 5.74) is 1.02. The SMILES string of the molecule is CC1C(C)N1c1ncnc2ccccc12. The molecule has 1 saturated heterocycles. The van der Waals surface area contributed by atoms with Crippen LogP contribution in [-0.2, 0) is 0 Å². The first-order valence-corrected chi connectivity index (χ1v) is 5.27. The molecule has 3 nitrogen and oxygen atoms in total. The molecule has 2 unspecified atom stereocenters. The molecule has 2 heterocycles. The number of nitrogens with zero attached hydrogens (tertiary/aromatic N) is 3. The number of rotatable bonds is 1. The molecule has 1 aliphatic rings. The fraction of sp³-hybridized carbons (Fsp3) is 0.333. The number of fused-ring (bicyclic) bond motifs is 1. The number of benzene rings is 1. The van der Waals surface area contributed by atoms with Crippen LogP contribution in [0.5, 0.6) is 0 Å². The summed E-state index contributed by atoms with van der Waals surface area (Å²) in [7, 11) is 0. The third-order valence-corrected chi connectivity index (χ3v) is 3.25. The molecule has 76 valence electrons. The maximum atomic E-state index is 4.38. The van der Waals surface area contributed by atoms with Crippen LogP contribution in [0.25, 0.3) is 10.9 Å². The Bertz CT molecular complexity index is 496. The van der Waals surface area contributed by atoms with E-state index in [0.29, 0.717) is 12.1 Å². The molecule has 3 rings (SSSR count). The first-order chi connectivity index (χ1) is 7.29. The highest BCUT2D eigenvalue weighted by molar-refractivity contribution is 5.90. The fourth-order valence-electron chi connectivity index (χ4n) is 2.09. The lowest BCUT2D eigenvalue weighted by Gasteiger charge is -2.06. The summed E-state index contributed by atoms with van der Waals surface area (Å²) in [6.45, 7) is 4.45. The van der Waals surface area contributed by atoms with E-state index in [1.54, 1.807) is 6.33 Å². The van der Waals surface area contributed by atoms with Crippen molar-refractivity contribution in [1.29, 1.82) is 0 Å². The fourth-order valence-corrected chi connectivity index (χ4v) is 2.09. The minimum atomic E-state index is 0.600. The zero-order valence-electron chi connectivity index (χ0n) is 8.88. The highest BCUT2D eigenvalue weighted by Gasteiger charge is 2.41. The van der Waals surface area contributed by atoms with Gasteiger partial charge in [-0.3, -0.25) is 0 Å². The van der Waals surface area contributed by atoms with Gasteiger partial charge in [0.1, 0.15) is 12.1 Å². The van der Waals surface area contributed by atoms with Gasteiger partial charge in [-0.1, -0.05) is 12.1 Å². The monoisotopic (exact) mass is 199 g/mol. The van der Waals surface area contributed by atoms with Crippen molar-refractivity contribution in [3.8, 4) is 0 Å². The topological polar surface area (TPSA) is 28.8 Å². The summed E-state index contributed by atoms with van der Waals surface area (Å²) in [6, 6.07) is 9.36. The highest BCUT2D eigenvalue weighted by atomic mass is 15.4. The quantitative estimate of drug-likeness (QED) is 0.659. The molecular weight excluding hydrogens is 186 g/mol. The third-order valence-electron chi connectivity index (χ3n) is 3.25. The molecular formula is C12H13N3. The van der Waals surface area contributed by atoms with Gasteiger partial charge in [-0.2, -0.15) is 0 Å². The molecule has 1 aromatic heterocycles. The van der Waals surface area contributed by atoms with Crippen LogP contribution in [0.4, 0.5) is 5.82 Å². The van der Waals surface area contributed by atoms with Crippen LogP contribution in [0.3, 0.4) is 0 Å². The van der Waals surface area contributed by atoms with E-state index in [4.69, 9.17) is 0 Å². The molecule has 2 atom stereocenters. The van der Waals surface area contributed by atoms with Crippen LogP contribution < -0.4 is 4.90 Å². The minimum absolute atomic E-state index is 0.600. The van der Waals surface area contributed by atoms with E-state index in [9.17, 15) is 0 Å². The van der Waals surface area contributed by atoms with Gasteiger partial charge in [0.2, 0.25) is 0 Å². The Morgan fingerprint density at radius 3 is 2.53 bits per heavy atom. The molecule has 0 aliphatic carbocycles. The molecule has 2 aromatic rings. The first-order valence-electron chi connectivity index (χ1n) is 5.27. The lowest BCUT2D eigenvalue weighted by molar-refractivity contribution is 1.05. The highest BCUT2D eigenvalue weighted by Crippen LogP contribution is 2.36. The van der Waals surface area contributed by atoms with Crippen LogP contribution in [0.1, 0.15) is 13.8 Å². The van der Waals surface area contributed by atoms with Crippen LogP contribution in [0, 0.1) is 0 Å². The average molecular weight is 199 g/mol. The minimum Gasteiger partial charge on any atom is -0.346 e. The zero-order chi connectivity index (χ0) is 10.4. The Kier molecular flexibility index (Phi) is 1.69. The second kappa shape index (κ2) is 2.92. The molecule has 0 amide bonds. The summed E-state index contributed by atoms with van der Waals surface area (Å²) in [6.07, 6.45) is 1.65. The number of hydrogen-bond donors (Lipinski definition) is 0. The van der Waals surface area contributed by atoms with E-state index < -0.39 is 0 Å². The standard InChI is InChI=1S/C12H13N3/c1-8-9(2)15(8)12-10-5-3-4-6-11(10)13-7-14-12/h3-9H,1-2H3. The second-order valence-corrected chi connectivity index (χ2v) is 4.10. The van der Waals surface area contributed by atoms with Crippen molar-refractivity contribution in [3.05, 3.63) is 30.6 Å². The van der Waals surface area contributed by atoms with Gasteiger partial charge in [-0.15, -0.1) is 0 Å². The van der Waals surface area contributed by atoms with Gasteiger partial charge in [0, 0.05) is 17.5 Å². The van der Waals surface area contributed by atoms with Crippen LogP contribution >= 0.6 is 0 Å². The molecule has 1 fully saturated rings. The Labute approximate surface area is 88.8 Å². The van der Waals surface area contributed by atoms with Gasteiger partial charge in [-0.25, -0.2) is 9.97 Å². The number of anilines is 1. The van der Waals surface area contributed by atoms with Crippen LogP contribution in [-0.4, -0.2) is 22.1 Å². The van der Waals surface area contributed by atoms with E-state index in [1.165, 1.54) is 0 Å². The van der Waals surface area contributed by atoms with Gasteiger partial charge in [-0.05, 0) is 26.0 Å². The molecule has 3 heteroatoms. The molecule has 1 aliphatic heterocycles. The summed E-state index contributed by atoms with van der Waals surface area (Å²) in [4.78, 5) is 11.0. The first kappa shape index (κ1) is 8.65. The predicted octanol–water partition coefficient (Wildman–Crippen LogP) is 2.23. The smallest absolute Gasteiger partial charge is 0.140 e. The van der Waals surface area contributed by atoms with Crippen molar-refractivity contribution in [2.75, 3.05) is 4.90 Å². The van der Waals surface area contributed by atoms with E-state index in [0.717, 1.165) is 16.7 Å².